The molecule has 0 saturated heterocycles. The molecule has 6 atom stereocenters. The second kappa shape index (κ2) is 22.4. The molecule has 7 rings (SSSR count). The molecule has 11 nitrogen and oxygen atoms in total. The maximum Gasteiger partial charge on any atom is 0.239 e. The lowest BCUT2D eigenvalue weighted by atomic mass is 9.55. The Kier molecular flexibility index (Phi) is 16.3. The standard InChI is InChI=1S/C53H65N3O8/c1-5-26-56(50(59)31-39-19-15-22-42(30-39)60-4)49-34-47(55-63-35-38-17-8-7-9-18-38)45-32-40(20-10-12-27-57)44(23-11-13-28-58)51-46-33-43(61-36-41-21-14-16-37(3)54-41)24-25-48(46)64-53(49,52(45)51)62-29-6-2/h6-9,14-19,21-22,24-25,30,32-33,40,44,49,51-52,57-58H,2,5,10-13,20,23,26-29,31,34-36H2,1,3-4H3. The van der Waals surface area contributed by atoms with Crippen LogP contribution in [0, 0.1) is 24.7 Å². The molecule has 2 aliphatic carbocycles. The quantitative estimate of drug-likeness (QED) is 0.0425. The number of methoxy groups -OCH3 is 1. The van der Waals surface area contributed by atoms with Crippen LogP contribution in [0.5, 0.6) is 17.2 Å². The molecule has 340 valence electrons. The Morgan fingerprint density at radius 3 is 2.47 bits per heavy atom. The van der Waals surface area contributed by atoms with Gasteiger partial charge >= 0.3 is 0 Å². The molecule has 1 aromatic heterocycles. The zero-order valence-electron chi connectivity index (χ0n) is 37.7. The number of aryl methyl sites for hydroxylation is 1. The molecule has 3 aromatic carbocycles. The Hall–Kier alpha value is -5.49. The number of rotatable bonds is 23. The number of amides is 1. The summed E-state index contributed by atoms with van der Waals surface area (Å²) in [5.41, 5.74) is 6.34. The Balaban J connectivity index is 1.41. The van der Waals surface area contributed by atoms with E-state index in [1.807, 2.05) is 96.8 Å². The second-order valence-electron chi connectivity index (χ2n) is 17.2. The van der Waals surface area contributed by atoms with E-state index >= 15 is 0 Å². The predicted molar refractivity (Wildman–Crippen MR) is 248 cm³/mol. The normalized spacial score (nSPS) is 22.7. The lowest BCUT2D eigenvalue weighted by Crippen LogP contribution is -2.70. The van der Waals surface area contributed by atoms with Crippen LogP contribution in [0.4, 0.5) is 0 Å². The fourth-order valence-corrected chi connectivity index (χ4v) is 10.1. The first-order chi connectivity index (χ1) is 31.3. The van der Waals surface area contributed by atoms with Crippen molar-refractivity contribution in [2.45, 2.75) is 103 Å². The number of allylic oxidation sites excluding steroid dienone is 1. The van der Waals surface area contributed by atoms with E-state index in [0.29, 0.717) is 56.1 Å². The summed E-state index contributed by atoms with van der Waals surface area (Å²) >= 11 is 0. The molecule has 11 heteroatoms. The largest absolute Gasteiger partial charge is 0.497 e. The van der Waals surface area contributed by atoms with Crippen molar-refractivity contribution >= 4 is 11.6 Å². The molecule has 1 fully saturated rings. The first-order valence-corrected chi connectivity index (χ1v) is 23.0. The van der Waals surface area contributed by atoms with Crippen LogP contribution in [-0.2, 0) is 34.0 Å². The van der Waals surface area contributed by atoms with Crippen LogP contribution < -0.4 is 14.2 Å². The van der Waals surface area contributed by atoms with Crippen LogP contribution in [0.3, 0.4) is 0 Å². The van der Waals surface area contributed by atoms with Crippen molar-refractivity contribution in [1.29, 1.82) is 0 Å². The number of carbonyl (C=O) groups is 1. The van der Waals surface area contributed by atoms with Gasteiger partial charge in [0.05, 0.1) is 37.5 Å². The summed E-state index contributed by atoms with van der Waals surface area (Å²) in [6.07, 6.45) is 10.0. The number of hydrogen-bond acceptors (Lipinski definition) is 10. The molecular weight excluding hydrogens is 807 g/mol. The van der Waals surface area contributed by atoms with Crippen molar-refractivity contribution in [3.05, 3.63) is 143 Å². The first kappa shape index (κ1) is 46.5. The summed E-state index contributed by atoms with van der Waals surface area (Å²) in [7, 11) is 1.63. The minimum atomic E-state index is -1.35. The van der Waals surface area contributed by atoms with Gasteiger partial charge in [-0.05, 0) is 110 Å². The summed E-state index contributed by atoms with van der Waals surface area (Å²) in [6, 6.07) is 29.0. The highest BCUT2D eigenvalue weighted by Gasteiger charge is 2.65. The number of carbonyl (C=O) groups excluding carboxylic acids is 1. The Bertz CT molecular complexity index is 2230. The fourth-order valence-electron chi connectivity index (χ4n) is 10.1. The summed E-state index contributed by atoms with van der Waals surface area (Å²) in [4.78, 5) is 27.9. The monoisotopic (exact) mass is 871 g/mol. The molecular formula is C53H65N3O8. The smallest absolute Gasteiger partial charge is 0.239 e. The number of aliphatic hydroxyl groups excluding tert-OH is 2. The van der Waals surface area contributed by atoms with Gasteiger partial charge in [0.2, 0.25) is 11.7 Å². The lowest BCUT2D eigenvalue weighted by molar-refractivity contribution is -0.257. The molecule has 1 saturated carbocycles. The molecule has 2 heterocycles. The van der Waals surface area contributed by atoms with Crippen LogP contribution in [0.15, 0.2) is 120 Å². The molecule has 0 bridgehead atoms. The van der Waals surface area contributed by atoms with Crippen molar-refractivity contribution in [2.75, 3.05) is 33.5 Å². The van der Waals surface area contributed by atoms with Gasteiger partial charge in [-0.2, -0.15) is 0 Å². The highest BCUT2D eigenvalue weighted by atomic mass is 16.7. The zero-order chi connectivity index (χ0) is 44.9. The highest BCUT2D eigenvalue weighted by Crippen LogP contribution is 2.62. The third-order valence-electron chi connectivity index (χ3n) is 12.9. The van der Waals surface area contributed by atoms with Crippen molar-refractivity contribution in [3.63, 3.8) is 0 Å². The van der Waals surface area contributed by atoms with Crippen LogP contribution >= 0.6 is 0 Å². The molecule has 2 N–H and O–H groups in total. The van der Waals surface area contributed by atoms with Gasteiger partial charge in [0.1, 0.15) is 36.5 Å². The fraction of sp³-hybridized carbons (Fsp3) is 0.453. The van der Waals surface area contributed by atoms with Gasteiger partial charge in [-0.1, -0.05) is 85.6 Å². The Labute approximate surface area is 378 Å². The van der Waals surface area contributed by atoms with Crippen molar-refractivity contribution in [3.8, 4) is 17.2 Å². The van der Waals surface area contributed by atoms with E-state index in [9.17, 15) is 15.0 Å². The van der Waals surface area contributed by atoms with Gasteiger partial charge in [0.25, 0.3) is 0 Å². The van der Waals surface area contributed by atoms with Gasteiger partial charge in [0, 0.05) is 43.4 Å². The zero-order valence-corrected chi connectivity index (χ0v) is 37.7. The van der Waals surface area contributed by atoms with Gasteiger partial charge in [-0.25, -0.2) is 0 Å². The number of ether oxygens (including phenoxy) is 4. The average Bonchev–Trinajstić information content (AvgIpc) is 3.31. The van der Waals surface area contributed by atoms with E-state index in [1.54, 1.807) is 13.2 Å². The van der Waals surface area contributed by atoms with E-state index in [4.69, 9.17) is 28.9 Å². The topological polar surface area (TPSA) is 132 Å². The predicted octanol–water partition coefficient (Wildman–Crippen LogP) is 9.29. The third-order valence-corrected chi connectivity index (χ3v) is 12.9. The van der Waals surface area contributed by atoms with Crippen LogP contribution in [0.1, 0.15) is 92.3 Å². The molecule has 64 heavy (non-hydrogen) atoms. The van der Waals surface area contributed by atoms with Crippen molar-refractivity contribution in [1.82, 2.24) is 9.88 Å². The Morgan fingerprint density at radius 1 is 0.938 bits per heavy atom. The highest BCUT2D eigenvalue weighted by molar-refractivity contribution is 6.03. The maximum absolute atomic E-state index is 15.0. The van der Waals surface area contributed by atoms with Gasteiger partial charge in [-0.15, -0.1) is 6.58 Å². The number of pyridine rings is 1. The molecule has 1 amide bonds. The van der Waals surface area contributed by atoms with Gasteiger partial charge < -0.3 is 38.9 Å². The van der Waals surface area contributed by atoms with E-state index < -0.39 is 17.7 Å². The number of hydrogen-bond donors (Lipinski definition) is 2. The summed E-state index contributed by atoms with van der Waals surface area (Å²) in [5, 5.41) is 25.0. The Morgan fingerprint density at radius 2 is 1.72 bits per heavy atom. The maximum atomic E-state index is 15.0. The average molecular weight is 872 g/mol. The number of oxime groups is 1. The first-order valence-electron chi connectivity index (χ1n) is 23.0. The van der Waals surface area contributed by atoms with E-state index in [-0.39, 0.29) is 56.5 Å². The van der Waals surface area contributed by atoms with Gasteiger partial charge in [0.15, 0.2) is 0 Å². The summed E-state index contributed by atoms with van der Waals surface area (Å²) in [5.74, 6) is 0.227. The number of benzene rings is 3. The molecule has 0 spiro atoms. The number of fused-ring (bicyclic) bond motifs is 2. The third kappa shape index (κ3) is 10.7. The van der Waals surface area contributed by atoms with Crippen LogP contribution in [-0.4, -0.2) is 77.0 Å². The molecule has 3 aliphatic rings. The minimum absolute atomic E-state index is 0.0599. The number of aromatic nitrogens is 1. The van der Waals surface area contributed by atoms with Crippen molar-refractivity contribution in [2.24, 2.45) is 22.9 Å². The molecule has 6 unspecified atom stereocenters. The number of unbranched alkanes of at least 4 members (excludes halogenated alkanes) is 2. The summed E-state index contributed by atoms with van der Waals surface area (Å²) in [6.45, 7) is 9.58. The van der Waals surface area contributed by atoms with E-state index in [2.05, 4.69) is 30.6 Å². The van der Waals surface area contributed by atoms with E-state index in [1.165, 1.54) is 0 Å². The molecule has 1 aliphatic heterocycles. The van der Waals surface area contributed by atoms with Crippen molar-refractivity contribution < 1.29 is 38.8 Å². The van der Waals surface area contributed by atoms with E-state index in [0.717, 1.165) is 65.0 Å². The van der Waals surface area contributed by atoms with Crippen LogP contribution in [0.25, 0.3) is 0 Å². The minimum Gasteiger partial charge on any atom is -0.497 e. The number of aliphatic hydroxyl groups is 2. The number of nitrogens with zero attached hydrogens (tertiary/aromatic N) is 3. The van der Waals surface area contributed by atoms with Gasteiger partial charge in [-0.3, -0.25) is 9.78 Å². The SMILES string of the molecule is C=CCOC12Oc3ccc(OCc4cccc(C)n4)cc3C3C(CCCCO)C(CCCCO)C=C(C(=NOCc4ccccc4)CC1N(CCC)C(=O)Cc1cccc(OC)c1)C32. The summed E-state index contributed by atoms with van der Waals surface area (Å²) < 4.78 is 26.6. The van der Waals surface area contributed by atoms with Crippen LogP contribution in [0.2, 0.25) is 0 Å². The molecule has 4 aromatic rings. The lowest BCUT2D eigenvalue weighted by Gasteiger charge is -2.60. The second-order valence-corrected chi connectivity index (χ2v) is 17.2. The molecule has 0 radical (unpaired) electrons.